The van der Waals surface area contributed by atoms with Gasteiger partial charge in [-0.15, -0.1) is 0 Å². The lowest BCUT2D eigenvalue weighted by Gasteiger charge is -2.22. The molecule has 24 heavy (non-hydrogen) atoms. The Morgan fingerprint density at radius 2 is 1.71 bits per heavy atom. The third-order valence-electron chi connectivity index (χ3n) is 3.40. The maximum atomic E-state index is 12.3. The van der Waals surface area contributed by atoms with Crippen molar-refractivity contribution < 1.29 is 9.59 Å². The molecule has 5 nitrogen and oxygen atoms in total. The van der Waals surface area contributed by atoms with E-state index in [-0.39, 0.29) is 23.9 Å². The predicted octanol–water partition coefficient (Wildman–Crippen LogP) is 3.28. The highest BCUT2D eigenvalue weighted by Crippen LogP contribution is 2.12. The van der Waals surface area contributed by atoms with Crippen LogP contribution in [-0.2, 0) is 4.79 Å². The molecule has 0 aliphatic heterocycles. The minimum atomic E-state index is -0.280. The van der Waals surface area contributed by atoms with Crippen molar-refractivity contribution in [1.82, 2.24) is 10.2 Å². The molecule has 2 N–H and O–H groups in total. The van der Waals surface area contributed by atoms with Gasteiger partial charge in [-0.2, -0.15) is 0 Å². The Kier molecular flexibility index (Phi) is 7.75. The Morgan fingerprint density at radius 3 is 2.25 bits per heavy atom. The van der Waals surface area contributed by atoms with Crippen LogP contribution in [0.5, 0.6) is 0 Å². The summed E-state index contributed by atoms with van der Waals surface area (Å²) in [6, 6.07) is 7.23. The number of nitrogens with one attached hydrogen (secondary N) is 2. The average molecular weight is 333 g/mol. The number of amides is 2. The summed E-state index contributed by atoms with van der Waals surface area (Å²) in [6.07, 6.45) is 1.91. The second-order valence-electron chi connectivity index (χ2n) is 7.02. The summed E-state index contributed by atoms with van der Waals surface area (Å²) < 4.78 is 0. The number of benzene rings is 1. The number of hydrogen-bond donors (Lipinski definition) is 2. The molecule has 0 spiro atoms. The Balaban J connectivity index is 2.67. The maximum Gasteiger partial charge on any atom is 0.251 e. The van der Waals surface area contributed by atoms with Crippen molar-refractivity contribution >= 4 is 17.5 Å². The van der Waals surface area contributed by atoms with Crippen LogP contribution in [0.3, 0.4) is 0 Å². The van der Waals surface area contributed by atoms with Crippen LogP contribution >= 0.6 is 0 Å². The van der Waals surface area contributed by atoms with E-state index in [2.05, 4.69) is 24.5 Å². The van der Waals surface area contributed by atoms with E-state index in [0.717, 1.165) is 31.6 Å². The van der Waals surface area contributed by atoms with Crippen LogP contribution in [0, 0.1) is 0 Å². The Labute approximate surface area is 145 Å². The van der Waals surface area contributed by atoms with Gasteiger partial charge in [0, 0.05) is 29.9 Å². The molecule has 0 bridgehead atoms. The molecule has 0 saturated heterocycles. The van der Waals surface area contributed by atoms with E-state index in [9.17, 15) is 9.59 Å². The van der Waals surface area contributed by atoms with Crippen molar-refractivity contribution in [3.63, 3.8) is 0 Å². The van der Waals surface area contributed by atoms with Crippen molar-refractivity contribution in [1.29, 1.82) is 0 Å². The van der Waals surface area contributed by atoms with E-state index in [1.54, 1.807) is 12.1 Å². The number of carbonyl (C=O) groups excluding carboxylic acids is 2. The molecule has 1 rings (SSSR count). The van der Waals surface area contributed by atoms with Gasteiger partial charge in [0.05, 0.1) is 6.54 Å². The van der Waals surface area contributed by atoms with E-state index in [4.69, 9.17) is 0 Å². The van der Waals surface area contributed by atoms with E-state index < -0.39 is 0 Å². The largest absolute Gasteiger partial charge is 0.376 e. The Morgan fingerprint density at radius 1 is 1.08 bits per heavy atom. The van der Waals surface area contributed by atoms with Crippen LogP contribution in [0.2, 0.25) is 0 Å². The van der Waals surface area contributed by atoms with Gasteiger partial charge < -0.3 is 15.5 Å². The minimum Gasteiger partial charge on any atom is -0.376 e. The Hall–Kier alpha value is -2.04. The van der Waals surface area contributed by atoms with Gasteiger partial charge in [0.1, 0.15) is 0 Å². The third kappa shape index (κ3) is 7.02. The number of carbonyl (C=O) groups is 2. The molecular weight excluding hydrogens is 302 g/mol. The fourth-order valence-corrected chi connectivity index (χ4v) is 2.37. The van der Waals surface area contributed by atoms with E-state index in [1.165, 1.54) is 0 Å². The Bertz CT molecular complexity index is 544. The molecule has 0 heterocycles. The molecule has 0 fully saturated rings. The van der Waals surface area contributed by atoms with Crippen LogP contribution in [0.1, 0.15) is 57.8 Å². The molecule has 0 aliphatic rings. The van der Waals surface area contributed by atoms with Gasteiger partial charge >= 0.3 is 0 Å². The van der Waals surface area contributed by atoms with Gasteiger partial charge in [-0.25, -0.2) is 0 Å². The predicted molar refractivity (Wildman–Crippen MR) is 99.3 cm³/mol. The van der Waals surface area contributed by atoms with Crippen LogP contribution < -0.4 is 10.6 Å². The van der Waals surface area contributed by atoms with Crippen LogP contribution in [0.15, 0.2) is 24.3 Å². The quantitative estimate of drug-likeness (QED) is 0.767. The summed E-state index contributed by atoms with van der Waals surface area (Å²) in [5, 5.41) is 6.07. The summed E-state index contributed by atoms with van der Waals surface area (Å²) in [4.78, 5) is 26.4. The van der Waals surface area contributed by atoms with Gasteiger partial charge in [0.15, 0.2) is 0 Å². The highest BCUT2D eigenvalue weighted by molar-refractivity contribution is 5.95. The number of hydrogen-bond acceptors (Lipinski definition) is 3. The lowest BCUT2D eigenvalue weighted by molar-refractivity contribution is -0.129. The fourth-order valence-electron chi connectivity index (χ4n) is 2.37. The maximum absolute atomic E-state index is 12.3. The molecule has 5 heteroatoms. The zero-order chi connectivity index (χ0) is 18.2. The second kappa shape index (κ2) is 9.30. The lowest BCUT2D eigenvalue weighted by Crippen LogP contribution is -2.40. The standard InChI is InChI=1S/C19H31N3O2/c1-6-11-22(12-7-2)17(23)14-20-16-10-8-9-15(13-16)18(24)21-19(3,4)5/h8-10,13,20H,6-7,11-12,14H2,1-5H3,(H,21,24). The third-order valence-corrected chi connectivity index (χ3v) is 3.40. The van der Waals surface area contributed by atoms with Crippen LogP contribution in [0.4, 0.5) is 5.69 Å². The average Bonchev–Trinajstić information content (AvgIpc) is 2.51. The molecular formula is C19H31N3O2. The first-order valence-corrected chi connectivity index (χ1v) is 8.71. The van der Waals surface area contributed by atoms with Gasteiger partial charge in [-0.1, -0.05) is 19.9 Å². The first-order chi connectivity index (χ1) is 11.3. The first-order valence-electron chi connectivity index (χ1n) is 8.71. The molecule has 0 atom stereocenters. The van der Waals surface area contributed by atoms with Gasteiger partial charge in [-0.3, -0.25) is 9.59 Å². The van der Waals surface area contributed by atoms with Gasteiger partial charge in [0.25, 0.3) is 5.91 Å². The highest BCUT2D eigenvalue weighted by atomic mass is 16.2. The monoisotopic (exact) mass is 333 g/mol. The van der Waals surface area contributed by atoms with Crippen molar-refractivity contribution in [3.05, 3.63) is 29.8 Å². The molecule has 134 valence electrons. The molecule has 1 aromatic rings. The zero-order valence-electron chi connectivity index (χ0n) is 15.6. The summed E-state index contributed by atoms with van der Waals surface area (Å²) in [6.45, 7) is 11.8. The molecule has 0 aliphatic carbocycles. The van der Waals surface area contributed by atoms with Crippen LogP contribution in [0.25, 0.3) is 0 Å². The lowest BCUT2D eigenvalue weighted by atomic mass is 10.1. The number of anilines is 1. The SMILES string of the molecule is CCCN(CCC)C(=O)CNc1cccc(C(=O)NC(C)(C)C)c1. The van der Waals surface area contributed by atoms with Crippen molar-refractivity contribution in [2.75, 3.05) is 25.0 Å². The topological polar surface area (TPSA) is 61.4 Å². The fraction of sp³-hybridized carbons (Fsp3) is 0.579. The number of rotatable bonds is 8. The minimum absolute atomic E-state index is 0.0863. The molecule has 2 amide bonds. The zero-order valence-corrected chi connectivity index (χ0v) is 15.6. The van der Waals surface area contributed by atoms with Crippen molar-refractivity contribution in [2.24, 2.45) is 0 Å². The molecule has 0 radical (unpaired) electrons. The summed E-state index contributed by atoms with van der Waals surface area (Å²) >= 11 is 0. The molecule has 0 unspecified atom stereocenters. The summed E-state index contributed by atoms with van der Waals surface area (Å²) in [5.41, 5.74) is 1.08. The molecule has 0 saturated carbocycles. The van der Waals surface area contributed by atoms with Crippen molar-refractivity contribution in [3.8, 4) is 0 Å². The molecule has 0 aromatic heterocycles. The van der Waals surface area contributed by atoms with E-state index >= 15 is 0 Å². The molecule has 1 aromatic carbocycles. The van der Waals surface area contributed by atoms with Gasteiger partial charge in [0.2, 0.25) is 5.91 Å². The smallest absolute Gasteiger partial charge is 0.251 e. The van der Waals surface area contributed by atoms with Gasteiger partial charge in [-0.05, 0) is 51.8 Å². The van der Waals surface area contributed by atoms with Crippen molar-refractivity contribution in [2.45, 2.75) is 53.0 Å². The summed E-state index contributed by atoms with van der Waals surface area (Å²) in [7, 11) is 0. The number of nitrogens with zero attached hydrogens (tertiary/aromatic N) is 1. The second-order valence-corrected chi connectivity index (χ2v) is 7.02. The summed E-state index contributed by atoms with van der Waals surface area (Å²) in [5.74, 6) is -0.0284. The first kappa shape index (κ1) is 20.0. The highest BCUT2D eigenvalue weighted by Gasteiger charge is 2.16. The van der Waals surface area contributed by atoms with Crippen LogP contribution in [-0.4, -0.2) is 41.9 Å². The normalized spacial score (nSPS) is 11.0. The van der Waals surface area contributed by atoms with E-state index in [0.29, 0.717) is 5.56 Å². The van der Waals surface area contributed by atoms with E-state index in [1.807, 2.05) is 37.8 Å².